The molecule has 2 aromatic carbocycles. The first kappa shape index (κ1) is 17.3. The summed E-state index contributed by atoms with van der Waals surface area (Å²) in [6, 6.07) is 12.2. The van der Waals surface area contributed by atoms with Crippen LogP contribution in [0.4, 0.5) is 11.4 Å². The van der Waals surface area contributed by atoms with Crippen molar-refractivity contribution in [2.75, 3.05) is 11.9 Å². The van der Waals surface area contributed by atoms with E-state index in [2.05, 4.69) is 17.5 Å². The third-order valence-corrected chi connectivity index (χ3v) is 5.34. The Kier molecular flexibility index (Phi) is 4.39. The SMILES string of the molecule is CCOC(=O)c1ccc2c(c1)[C@@H]1C=CC[C@@H]1[C@@H](c1ccccc1[N+](=O)[O-])N2. The first-order valence-corrected chi connectivity index (χ1v) is 9.07. The summed E-state index contributed by atoms with van der Waals surface area (Å²) in [5.74, 6) is -0.0591. The number of rotatable bonds is 4. The van der Waals surface area contributed by atoms with Gasteiger partial charge in [0.15, 0.2) is 0 Å². The van der Waals surface area contributed by atoms with E-state index in [1.54, 1.807) is 25.1 Å². The summed E-state index contributed by atoms with van der Waals surface area (Å²) < 4.78 is 5.11. The van der Waals surface area contributed by atoms with E-state index in [0.29, 0.717) is 17.7 Å². The second-order valence-electron chi connectivity index (χ2n) is 6.81. The molecule has 3 atom stereocenters. The molecule has 27 heavy (non-hydrogen) atoms. The highest BCUT2D eigenvalue weighted by Crippen LogP contribution is 2.51. The van der Waals surface area contributed by atoms with Crippen LogP contribution in [-0.4, -0.2) is 17.5 Å². The molecule has 6 nitrogen and oxygen atoms in total. The van der Waals surface area contributed by atoms with E-state index in [9.17, 15) is 14.9 Å². The second-order valence-corrected chi connectivity index (χ2v) is 6.81. The van der Waals surface area contributed by atoms with Gasteiger partial charge in [0.2, 0.25) is 0 Å². The van der Waals surface area contributed by atoms with E-state index >= 15 is 0 Å². The number of nitrogens with zero attached hydrogens (tertiary/aromatic N) is 1. The molecule has 138 valence electrons. The molecular formula is C21H20N2O4. The van der Waals surface area contributed by atoms with E-state index in [0.717, 1.165) is 17.7 Å². The number of hydrogen-bond donors (Lipinski definition) is 1. The number of benzene rings is 2. The van der Waals surface area contributed by atoms with Crippen molar-refractivity contribution in [3.8, 4) is 0 Å². The molecule has 2 aromatic rings. The molecule has 0 fully saturated rings. The summed E-state index contributed by atoms with van der Waals surface area (Å²) in [7, 11) is 0. The maximum absolute atomic E-state index is 12.1. The molecule has 1 aliphatic carbocycles. The fourth-order valence-corrected chi connectivity index (χ4v) is 4.16. The average Bonchev–Trinajstić information content (AvgIpc) is 3.17. The fourth-order valence-electron chi connectivity index (χ4n) is 4.16. The summed E-state index contributed by atoms with van der Waals surface area (Å²) in [5, 5.41) is 15.0. The minimum absolute atomic E-state index is 0.112. The van der Waals surface area contributed by atoms with Crippen molar-refractivity contribution < 1.29 is 14.5 Å². The summed E-state index contributed by atoms with van der Waals surface area (Å²) >= 11 is 0. The summed E-state index contributed by atoms with van der Waals surface area (Å²) in [4.78, 5) is 23.3. The molecular weight excluding hydrogens is 344 g/mol. The van der Waals surface area contributed by atoms with Crippen LogP contribution in [0, 0.1) is 16.0 Å². The lowest BCUT2D eigenvalue weighted by atomic mass is 9.76. The van der Waals surface area contributed by atoms with Crippen molar-refractivity contribution in [1.82, 2.24) is 0 Å². The van der Waals surface area contributed by atoms with E-state index in [1.807, 2.05) is 24.3 Å². The number of para-hydroxylation sites is 1. The van der Waals surface area contributed by atoms with Gasteiger partial charge in [0.1, 0.15) is 0 Å². The van der Waals surface area contributed by atoms with Gasteiger partial charge in [0, 0.05) is 17.7 Å². The minimum atomic E-state index is -0.334. The monoisotopic (exact) mass is 364 g/mol. The van der Waals surface area contributed by atoms with Gasteiger partial charge >= 0.3 is 5.97 Å². The molecule has 0 spiro atoms. The predicted octanol–water partition coefficient (Wildman–Crippen LogP) is 4.60. The van der Waals surface area contributed by atoms with Gasteiger partial charge in [-0.05, 0) is 43.0 Å². The van der Waals surface area contributed by atoms with Crippen molar-refractivity contribution >= 4 is 17.3 Å². The zero-order valence-electron chi connectivity index (χ0n) is 14.9. The summed E-state index contributed by atoms with van der Waals surface area (Å²) in [6.07, 6.45) is 5.09. The Balaban J connectivity index is 1.75. The van der Waals surface area contributed by atoms with Crippen LogP contribution in [0.25, 0.3) is 0 Å². The normalized spacial score (nSPS) is 22.5. The van der Waals surface area contributed by atoms with Crippen molar-refractivity contribution in [2.45, 2.75) is 25.3 Å². The van der Waals surface area contributed by atoms with Gasteiger partial charge in [-0.1, -0.05) is 30.4 Å². The number of carbonyl (C=O) groups excluding carboxylic acids is 1. The van der Waals surface area contributed by atoms with Crippen LogP contribution in [0.3, 0.4) is 0 Å². The van der Waals surface area contributed by atoms with Gasteiger partial charge in [-0.2, -0.15) is 0 Å². The molecule has 0 bridgehead atoms. The lowest BCUT2D eigenvalue weighted by molar-refractivity contribution is -0.385. The van der Waals surface area contributed by atoms with Gasteiger partial charge in [-0.15, -0.1) is 0 Å². The number of hydrogen-bond acceptors (Lipinski definition) is 5. The summed E-state index contributed by atoms with van der Waals surface area (Å²) in [5.41, 5.74) is 3.29. The molecule has 1 aliphatic heterocycles. The number of carbonyl (C=O) groups is 1. The Bertz CT molecular complexity index is 938. The Labute approximate surface area is 157 Å². The van der Waals surface area contributed by atoms with Crippen LogP contribution in [-0.2, 0) is 4.74 Å². The van der Waals surface area contributed by atoms with Gasteiger partial charge in [-0.3, -0.25) is 10.1 Å². The molecule has 6 heteroatoms. The number of ether oxygens (including phenoxy) is 1. The van der Waals surface area contributed by atoms with Crippen molar-refractivity contribution in [2.24, 2.45) is 5.92 Å². The van der Waals surface area contributed by atoms with E-state index in [4.69, 9.17) is 4.74 Å². The van der Waals surface area contributed by atoms with Gasteiger partial charge in [0.25, 0.3) is 5.69 Å². The summed E-state index contributed by atoms with van der Waals surface area (Å²) in [6.45, 7) is 2.12. The Morgan fingerprint density at radius 2 is 2.07 bits per heavy atom. The number of nitrogens with one attached hydrogen (secondary N) is 1. The van der Waals surface area contributed by atoms with Crippen LogP contribution >= 0.6 is 0 Å². The van der Waals surface area contributed by atoms with Crippen molar-refractivity contribution in [3.63, 3.8) is 0 Å². The van der Waals surface area contributed by atoms with E-state index < -0.39 is 0 Å². The quantitative estimate of drug-likeness (QED) is 0.371. The van der Waals surface area contributed by atoms with Crippen LogP contribution in [0.1, 0.15) is 46.8 Å². The molecule has 0 unspecified atom stereocenters. The molecule has 2 aliphatic rings. The fraction of sp³-hybridized carbons (Fsp3) is 0.286. The average molecular weight is 364 g/mol. The van der Waals surface area contributed by atoms with Crippen LogP contribution in [0.5, 0.6) is 0 Å². The van der Waals surface area contributed by atoms with Gasteiger partial charge in [-0.25, -0.2) is 4.79 Å². The van der Waals surface area contributed by atoms with Crippen LogP contribution in [0.15, 0.2) is 54.6 Å². The molecule has 0 radical (unpaired) electrons. The number of nitro benzene ring substituents is 1. The molecule has 1 heterocycles. The number of fused-ring (bicyclic) bond motifs is 3. The van der Waals surface area contributed by atoms with Crippen LogP contribution in [0.2, 0.25) is 0 Å². The predicted molar refractivity (Wildman–Crippen MR) is 102 cm³/mol. The van der Waals surface area contributed by atoms with Crippen LogP contribution < -0.4 is 5.32 Å². The topological polar surface area (TPSA) is 81.5 Å². The number of nitro groups is 1. The lowest BCUT2D eigenvalue weighted by Crippen LogP contribution is -2.29. The van der Waals surface area contributed by atoms with E-state index in [1.165, 1.54) is 0 Å². The molecule has 0 saturated carbocycles. The standard InChI is InChI=1S/C21H20N2O4/c1-2-27-21(24)13-10-11-18-17(12-13)14-7-5-8-15(14)20(22-18)16-6-3-4-9-19(16)23(25)26/h3-7,9-12,14-15,20,22H,2,8H2,1H3/t14-,15+,20+/m1/s1. The Morgan fingerprint density at radius 3 is 2.85 bits per heavy atom. The molecule has 1 N–H and O–H groups in total. The molecule has 0 aromatic heterocycles. The van der Waals surface area contributed by atoms with E-state index in [-0.39, 0.29) is 34.5 Å². The molecule has 0 saturated heterocycles. The largest absolute Gasteiger partial charge is 0.462 e. The second kappa shape index (κ2) is 6.87. The zero-order valence-corrected chi connectivity index (χ0v) is 14.9. The maximum Gasteiger partial charge on any atom is 0.338 e. The first-order chi connectivity index (χ1) is 13.1. The van der Waals surface area contributed by atoms with Crippen molar-refractivity contribution in [3.05, 3.63) is 81.4 Å². The zero-order chi connectivity index (χ0) is 19.0. The lowest BCUT2D eigenvalue weighted by Gasteiger charge is -2.37. The number of allylic oxidation sites excluding steroid dienone is 2. The highest BCUT2D eigenvalue weighted by atomic mass is 16.6. The highest BCUT2D eigenvalue weighted by molar-refractivity contribution is 5.90. The number of esters is 1. The third-order valence-electron chi connectivity index (χ3n) is 5.34. The highest BCUT2D eigenvalue weighted by Gasteiger charge is 2.40. The minimum Gasteiger partial charge on any atom is -0.462 e. The third kappa shape index (κ3) is 2.97. The van der Waals surface area contributed by atoms with Gasteiger partial charge < -0.3 is 10.1 Å². The Hall–Kier alpha value is -3.15. The maximum atomic E-state index is 12.1. The Morgan fingerprint density at radius 1 is 1.26 bits per heavy atom. The molecule has 4 rings (SSSR count). The first-order valence-electron chi connectivity index (χ1n) is 9.07. The molecule has 0 amide bonds. The van der Waals surface area contributed by atoms with Crippen molar-refractivity contribution in [1.29, 1.82) is 0 Å². The smallest absolute Gasteiger partial charge is 0.338 e. The number of anilines is 1. The van der Waals surface area contributed by atoms with Gasteiger partial charge in [0.05, 0.1) is 28.7 Å².